The van der Waals surface area contributed by atoms with Gasteiger partial charge in [-0.3, -0.25) is 0 Å². The lowest BCUT2D eigenvalue weighted by Gasteiger charge is -2.12. The van der Waals surface area contributed by atoms with Crippen molar-refractivity contribution in [1.82, 2.24) is 0 Å². The Hall–Kier alpha value is -0.995. The van der Waals surface area contributed by atoms with Crippen molar-refractivity contribution in [3.63, 3.8) is 0 Å². The fourth-order valence-corrected chi connectivity index (χ4v) is 1.47. The number of aryl methyl sites for hydroxylation is 1. The van der Waals surface area contributed by atoms with Crippen molar-refractivity contribution < 1.29 is 15.2 Å². The SMILES string of the molecule is Cc1cc(O)c(C(C)C)cc1B(O)O. The standard InChI is InChI=1S/C10H15BO3/c1-6(2)8-5-9(11(13)14)7(3)4-10(8)12/h4-6,12-14H,1-3H3. The maximum absolute atomic E-state index is 9.60. The highest BCUT2D eigenvalue weighted by molar-refractivity contribution is 6.59. The van der Waals surface area contributed by atoms with Gasteiger partial charge in [-0.2, -0.15) is 0 Å². The smallest absolute Gasteiger partial charge is 0.488 e. The van der Waals surface area contributed by atoms with E-state index in [1.165, 1.54) is 0 Å². The predicted molar refractivity (Wildman–Crippen MR) is 56.8 cm³/mol. The average molecular weight is 194 g/mol. The van der Waals surface area contributed by atoms with Crippen LogP contribution in [-0.2, 0) is 0 Å². The summed E-state index contributed by atoms with van der Waals surface area (Å²) in [4.78, 5) is 0. The van der Waals surface area contributed by atoms with Gasteiger partial charge in [0, 0.05) is 0 Å². The van der Waals surface area contributed by atoms with Gasteiger partial charge in [-0.25, -0.2) is 0 Å². The van der Waals surface area contributed by atoms with E-state index in [-0.39, 0.29) is 11.7 Å². The monoisotopic (exact) mass is 194 g/mol. The van der Waals surface area contributed by atoms with Crippen LogP contribution in [0.5, 0.6) is 5.75 Å². The van der Waals surface area contributed by atoms with Crippen LogP contribution in [0.25, 0.3) is 0 Å². The second-order valence-electron chi connectivity index (χ2n) is 3.80. The molecule has 14 heavy (non-hydrogen) atoms. The fourth-order valence-electron chi connectivity index (χ4n) is 1.47. The first kappa shape index (κ1) is 11.1. The molecule has 0 bridgehead atoms. The molecule has 1 aromatic carbocycles. The third kappa shape index (κ3) is 2.08. The van der Waals surface area contributed by atoms with Crippen LogP contribution in [0.15, 0.2) is 12.1 Å². The maximum Gasteiger partial charge on any atom is 0.488 e. The Bertz CT molecular complexity index is 305. The number of phenols is 1. The van der Waals surface area contributed by atoms with Crippen molar-refractivity contribution in [2.75, 3.05) is 0 Å². The van der Waals surface area contributed by atoms with Gasteiger partial charge in [0.25, 0.3) is 0 Å². The summed E-state index contributed by atoms with van der Waals surface area (Å²) in [5, 5.41) is 27.8. The van der Waals surface area contributed by atoms with E-state index in [9.17, 15) is 5.11 Å². The molecule has 0 aromatic heterocycles. The molecular formula is C10H15BO3. The van der Waals surface area contributed by atoms with E-state index in [4.69, 9.17) is 10.0 Å². The van der Waals surface area contributed by atoms with Crippen LogP contribution < -0.4 is 5.46 Å². The van der Waals surface area contributed by atoms with Gasteiger partial charge in [0.15, 0.2) is 0 Å². The maximum atomic E-state index is 9.60. The average Bonchev–Trinajstić information content (AvgIpc) is 2.02. The fraction of sp³-hybridized carbons (Fsp3) is 0.400. The highest BCUT2D eigenvalue weighted by Gasteiger charge is 2.17. The Morgan fingerprint density at radius 3 is 2.21 bits per heavy atom. The molecule has 0 atom stereocenters. The molecule has 0 aliphatic rings. The third-order valence-corrected chi connectivity index (χ3v) is 2.32. The summed E-state index contributed by atoms with van der Waals surface area (Å²) in [5.74, 6) is 0.370. The lowest BCUT2D eigenvalue weighted by Crippen LogP contribution is -2.32. The van der Waals surface area contributed by atoms with E-state index >= 15 is 0 Å². The highest BCUT2D eigenvalue weighted by atomic mass is 16.4. The number of rotatable bonds is 2. The minimum Gasteiger partial charge on any atom is -0.508 e. The number of benzene rings is 1. The van der Waals surface area contributed by atoms with Crippen molar-refractivity contribution in [1.29, 1.82) is 0 Å². The largest absolute Gasteiger partial charge is 0.508 e. The van der Waals surface area contributed by atoms with Gasteiger partial charge in [-0.1, -0.05) is 19.9 Å². The summed E-state index contributed by atoms with van der Waals surface area (Å²) < 4.78 is 0. The molecule has 0 aliphatic heterocycles. The van der Waals surface area contributed by atoms with Crippen molar-refractivity contribution in [2.24, 2.45) is 0 Å². The van der Waals surface area contributed by atoms with Gasteiger partial charge in [0.2, 0.25) is 0 Å². The second kappa shape index (κ2) is 4.03. The van der Waals surface area contributed by atoms with Crippen LogP contribution in [0.4, 0.5) is 0 Å². The topological polar surface area (TPSA) is 60.7 Å². The zero-order valence-electron chi connectivity index (χ0n) is 8.65. The molecule has 0 saturated carbocycles. The summed E-state index contributed by atoms with van der Waals surface area (Å²) in [5.41, 5.74) is 1.87. The molecule has 3 nitrogen and oxygen atoms in total. The van der Waals surface area contributed by atoms with Crippen LogP contribution in [0.2, 0.25) is 0 Å². The molecule has 0 spiro atoms. The minimum absolute atomic E-state index is 0.160. The Labute approximate surface area is 84.2 Å². The van der Waals surface area contributed by atoms with Crippen LogP contribution in [0, 0.1) is 6.92 Å². The zero-order chi connectivity index (χ0) is 10.9. The van der Waals surface area contributed by atoms with Crippen LogP contribution in [0.3, 0.4) is 0 Å². The lowest BCUT2D eigenvalue weighted by molar-refractivity contribution is 0.425. The predicted octanol–water partition coefficient (Wildman–Crippen LogP) is 0.504. The first-order valence-corrected chi connectivity index (χ1v) is 4.63. The third-order valence-electron chi connectivity index (χ3n) is 2.32. The molecule has 0 radical (unpaired) electrons. The van der Waals surface area contributed by atoms with E-state index < -0.39 is 7.12 Å². The first-order valence-electron chi connectivity index (χ1n) is 4.63. The van der Waals surface area contributed by atoms with Crippen molar-refractivity contribution >= 4 is 12.6 Å². The summed E-state index contributed by atoms with van der Waals surface area (Å²) in [6, 6.07) is 3.20. The Balaban J connectivity index is 3.27. The second-order valence-corrected chi connectivity index (χ2v) is 3.80. The Morgan fingerprint density at radius 2 is 1.79 bits per heavy atom. The first-order chi connectivity index (χ1) is 6.43. The van der Waals surface area contributed by atoms with E-state index in [0.29, 0.717) is 11.0 Å². The molecule has 1 rings (SSSR count). The van der Waals surface area contributed by atoms with E-state index in [1.807, 2.05) is 13.8 Å². The van der Waals surface area contributed by atoms with Gasteiger partial charge >= 0.3 is 7.12 Å². The number of aromatic hydroxyl groups is 1. The van der Waals surface area contributed by atoms with Crippen molar-refractivity contribution in [3.05, 3.63) is 23.3 Å². The Kier molecular flexibility index (Phi) is 3.19. The molecule has 0 amide bonds. The van der Waals surface area contributed by atoms with Gasteiger partial charge < -0.3 is 15.2 Å². The van der Waals surface area contributed by atoms with Crippen molar-refractivity contribution in [2.45, 2.75) is 26.7 Å². The minimum atomic E-state index is -1.48. The molecule has 1 aromatic rings. The van der Waals surface area contributed by atoms with Crippen LogP contribution >= 0.6 is 0 Å². The lowest BCUT2D eigenvalue weighted by atomic mass is 9.75. The van der Waals surface area contributed by atoms with E-state index in [1.54, 1.807) is 19.1 Å². The van der Waals surface area contributed by atoms with Gasteiger partial charge in [-0.15, -0.1) is 0 Å². The molecule has 3 N–H and O–H groups in total. The molecular weight excluding hydrogens is 179 g/mol. The summed E-state index contributed by atoms with van der Waals surface area (Å²) in [6.07, 6.45) is 0. The summed E-state index contributed by atoms with van der Waals surface area (Å²) in [6.45, 7) is 5.62. The van der Waals surface area contributed by atoms with Gasteiger partial charge in [0.1, 0.15) is 5.75 Å². The van der Waals surface area contributed by atoms with E-state index in [0.717, 1.165) is 5.56 Å². The molecule has 0 fully saturated rings. The molecule has 0 aliphatic carbocycles. The van der Waals surface area contributed by atoms with Gasteiger partial charge in [-0.05, 0) is 35.5 Å². The van der Waals surface area contributed by atoms with Crippen LogP contribution in [-0.4, -0.2) is 22.3 Å². The van der Waals surface area contributed by atoms with Gasteiger partial charge in [0.05, 0.1) is 0 Å². The number of hydrogen-bond donors (Lipinski definition) is 3. The zero-order valence-corrected chi connectivity index (χ0v) is 8.65. The van der Waals surface area contributed by atoms with E-state index in [2.05, 4.69) is 0 Å². The quantitative estimate of drug-likeness (QED) is 0.601. The van der Waals surface area contributed by atoms with Crippen LogP contribution in [0.1, 0.15) is 30.9 Å². The molecule has 4 heteroatoms. The molecule has 0 heterocycles. The number of hydrogen-bond acceptors (Lipinski definition) is 3. The highest BCUT2D eigenvalue weighted by Crippen LogP contribution is 2.25. The number of phenolic OH excluding ortho intramolecular Hbond substituents is 1. The molecule has 0 saturated heterocycles. The summed E-state index contributed by atoms with van der Waals surface area (Å²) in [7, 11) is -1.48. The van der Waals surface area contributed by atoms with Crippen molar-refractivity contribution in [3.8, 4) is 5.75 Å². The Morgan fingerprint density at radius 1 is 1.21 bits per heavy atom. The summed E-state index contributed by atoms with van der Waals surface area (Å²) >= 11 is 0. The molecule has 76 valence electrons. The normalized spacial score (nSPS) is 10.7. The molecule has 0 unspecified atom stereocenters.